The van der Waals surface area contributed by atoms with Crippen molar-refractivity contribution in [2.24, 2.45) is 4.99 Å². The van der Waals surface area contributed by atoms with Crippen molar-refractivity contribution in [2.75, 3.05) is 18.0 Å². The van der Waals surface area contributed by atoms with Gasteiger partial charge in [0.1, 0.15) is 11.5 Å². The molecule has 1 fully saturated rings. The average molecular weight is 315 g/mol. The Morgan fingerprint density at radius 1 is 1.26 bits per heavy atom. The summed E-state index contributed by atoms with van der Waals surface area (Å²) in [7, 11) is 0. The van der Waals surface area contributed by atoms with Gasteiger partial charge in [-0.2, -0.15) is 0 Å². The van der Waals surface area contributed by atoms with Crippen molar-refractivity contribution in [1.29, 1.82) is 0 Å². The number of aliphatic imine (C=N–C) groups is 1. The number of amides is 2. The third kappa shape index (κ3) is 2.18. The van der Waals surface area contributed by atoms with Crippen LogP contribution in [-0.4, -0.2) is 45.9 Å². The molecule has 0 bridgehead atoms. The summed E-state index contributed by atoms with van der Waals surface area (Å²) in [4.78, 5) is 29.7. The Morgan fingerprint density at radius 3 is 2.74 bits per heavy atom. The van der Waals surface area contributed by atoms with Crippen LogP contribution in [0.4, 0.5) is 10.6 Å². The predicted molar refractivity (Wildman–Crippen MR) is 90.2 cm³/mol. The van der Waals surface area contributed by atoms with Crippen LogP contribution < -0.4 is 4.90 Å². The van der Waals surface area contributed by atoms with E-state index in [1.54, 1.807) is 0 Å². The van der Waals surface area contributed by atoms with Crippen LogP contribution in [0.15, 0.2) is 4.99 Å². The van der Waals surface area contributed by atoms with Crippen molar-refractivity contribution in [3.8, 4) is 0 Å². The van der Waals surface area contributed by atoms with Gasteiger partial charge in [-0.05, 0) is 25.7 Å². The zero-order valence-electron chi connectivity index (χ0n) is 14.0. The number of imidazole rings is 1. The van der Waals surface area contributed by atoms with Crippen LogP contribution >= 0.6 is 0 Å². The van der Waals surface area contributed by atoms with Gasteiger partial charge in [0.25, 0.3) is 0 Å². The second-order valence-corrected chi connectivity index (χ2v) is 6.83. The summed E-state index contributed by atoms with van der Waals surface area (Å²) in [6, 6.07) is 0.232. The van der Waals surface area contributed by atoms with Crippen LogP contribution in [-0.2, 0) is 0 Å². The number of carbonyl (C=O) groups is 1. The van der Waals surface area contributed by atoms with Gasteiger partial charge in [-0.25, -0.2) is 9.78 Å². The maximum absolute atomic E-state index is 13.0. The molecule has 6 heteroatoms. The molecule has 2 aliphatic heterocycles. The zero-order valence-corrected chi connectivity index (χ0v) is 14.0. The Kier molecular flexibility index (Phi) is 3.62. The highest BCUT2D eigenvalue weighted by atomic mass is 16.2. The van der Waals surface area contributed by atoms with E-state index in [1.807, 2.05) is 9.80 Å². The highest BCUT2D eigenvalue weighted by Gasteiger charge is 2.43. The van der Waals surface area contributed by atoms with Gasteiger partial charge in [-0.1, -0.05) is 26.7 Å². The largest absolute Gasteiger partial charge is 0.337 e. The van der Waals surface area contributed by atoms with Crippen molar-refractivity contribution in [3.63, 3.8) is 0 Å². The van der Waals surface area contributed by atoms with Gasteiger partial charge in [0.05, 0.1) is 12.6 Å². The van der Waals surface area contributed by atoms with E-state index in [4.69, 9.17) is 4.98 Å². The minimum Gasteiger partial charge on any atom is -0.337 e. The first-order valence-electron chi connectivity index (χ1n) is 9.00. The molecule has 0 radical (unpaired) electrons. The normalized spacial score (nSPS) is 24.2. The van der Waals surface area contributed by atoms with Gasteiger partial charge >= 0.3 is 6.03 Å². The first-order valence-corrected chi connectivity index (χ1v) is 9.00. The van der Waals surface area contributed by atoms with E-state index in [0.29, 0.717) is 19.0 Å². The molecule has 124 valence electrons. The number of amidine groups is 1. The smallest absolute Gasteiger partial charge is 0.331 e. The van der Waals surface area contributed by atoms with Crippen molar-refractivity contribution in [3.05, 3.63) is 11.5 Å². The van der Waals surface area contributed by atoms with Crippen LogP contribution in [0.25, 0.3) is 0 Å². The summed E-state index contributed by atoms with van der Waals surface area (Å²) < 4.78 is 0. The number of hydrogen-bond donors (Lipinski definition) is 1. The highest BCUT2D eigenvalue weighted by molar-refractivity contribution is 6.18. The van der Waals surface area contributed by atoms with E-state index in [1.165, 1.54) is 25.7 Å². The fourth-order valence-electron chi connectivity index (χ4n) is 4.05. The summed E-state index contributed by atoms with van der Waals surface area (Å²) in [5.74, 6) is 3.16. The molecule has 1 N–H and O–H groups in total. The van der Waals surface area contributed by atoms with E-state index >= 15 is 0 Å². The minimum absolute atomic E-state index is 0.0481. The third-order valence-electron chi connectivity index (χ3n) is 5.32. The van der Waals surface area contributed by atoms with Gasteiger partial charge in [0.15, 0.2) is 11.7 Å². The molecule has 0 spiro atoms. The number of aromatic amines is 1. The first-order chi connectivity index (χ1) is 11.2. The number of hydrogen-bond acceptors (Lipinski definition) is 3. The fraction of sp³-hybridized carbons (Fsp3) is 0.706. The van der Waals surface area contributed by atoms with Crippen LogP contribution in [0, 0.1) is 0 Å². The minimum atomic E-state index is 0.0481. The Bertz CT molecular complexity index is 643. The molecule has 3 heterocycles. The Morgan fingerprint density at radius 2 is 2.04 bits per heavy atom. The van der Waals surface area contributed by atoms with Crippen molar-refractivity contribution in [1.82, 2.24) is 14.9 Å². The summed E-state index contributed by atoms with van der Waals surface area (Å²) >= 11 is 0. The number of rotatable bonds is 4. The average Bonchev–Trinajstić information content (AvgIpc) is 3.28. The second-order valence-electron chi connectivity index (χ2n) is 6.83. The lowest BCUT2D eigenvalue weighted by molar-refractivity contribution is 0.217. The summed E-state index contributed by atoms with van der Waals surface area (Å²) in [5.41, 5.74) is 0.955. The molecular weight excluding hydrogens is 290 g/mol. The van der Waals surface area contributed by atoms with E-state index in [9.17, 15) is 4.79 Å². The lowest BCUT2D eigenvalue weighted by Gasteiger charge is -2.35. The fourth-order valence-corrected chi connectivity index (χ4v) is 4.05. The number of urea groups is 1. The quantitative estimate of drug-likeness (QED) is 0.927. The maximum Gasteiger partial charge on any atom is 0.331 e. The molecule has 1 aromatic rings. The Balaban J connectivity index is 1.77. The summed E-state index contributed by atoms with van der Waals surface area (Å²) in [6.07, 6.45) is 6.80. The molecule has 1 unspecified atom stereocenters. The van der Waals surface area contributed by atoms with Crippen molar-refractivity contribution >= 4 is 17.7 Å². The topological polar surface area (TPSA) is 64.6 Å². The number of nitrogens with one attached hydrogen (secondary N) is 1. The molecule has 1 atom stereocenters. The van der Waals surface area contributed by atoms with Gasteiger partial charge in [-0.3, -0.25) is 14.8 Å². The zero-order chi connectivity index (χ0) is 16.0. The lowest BCUT2D eigenvalue weighted by Crippen LogP contribution is -2.53. The van der Waals surface area contributed by atoms with E-state index in [0.717, 1.165) is 36.0 Å². The highest BCUT2D eigenvalue weighted by Crippen LogP contribution is 2.37. The number of nitrogens with zero attached hydrogens (tertiary/aromatic N) is 4. The van der Waals surface area contributed by atoms with Gasteiger partial charge in [-0.15, -0.1) is 0 Å². The molecular formula is C17H25N5O. The SMILES string of the molecule is CCCN1C(=O)N2C(=NCC2CC)c2[nH]c(C3CCCC3)nc21. The Labute approximate surface area is 137 Å². The van der Waals surface area contributed by atoms with E-state index in [2.05, 4.69) is 23.8 Å². The summed E-state index contributed by atoms with van der Waals surface area (Å²) in [6.45, 7) is 5.63. The van der Waals surface area contributed by atoms with Crippen molar-refractivity contribution in [2.45, 2.75) is 64.3 Å². The van der Waals surface area contributed by atoms with Gasteiger partial charge in [0, 0.05) is 12.5 Å². The van der Waals surface area contributed by atoms with Gasteiger partial charge < -0.3 is 4.98 Å². The van der Waals surface area contributed by atoms with Crippen LogP contribution in [0.1, 0.15) is 69.8 Å². The molecule has 1 aliphatic carbocycles. The first kappa shape index (κ1) is 14.7. The van der Waals surface area contributed by atoms with Crippen LogP contribution in [0.5, 0.6) is 0 Å². The number of carbonyl (C=O) groups excluding carboxylic acids is 1. The molecule has 6 nitrogen and oxygen atoms in total. The molecule has 2 amide bonds. The number of aromatic nitrogens is 2. The summed E-state index contributed by atoms with van der Waals surface area (Å²) in [5, 5.41) is 0. The molecule has 1 aromatic heterocycles. The monoisotopic (exact) mass is 315 g/mol. The maximum atomic E-state index is 13.0. The standard InChI is InChI=1S/C17H25N5O/c1-3-9-21-16-13(19-14(20-16)11-7-5-6-8-11)15-18-10-12(4-2)22(15)17(21)23/h11-12H,3-10H2,1-2H3,(H,19,20). The number of H-pyrrole nitrogens is 1. The number of fused-ring (bicyclic) bond motifs is 3. The molecule has 3 aliphatic rings. The molecule has 1 saturated carbocycles. The van der Waals surface area contributed by atoms with E-state index in [-0.39, 0.29) is 12.1 Å². The third-order valence-corrected chi connectivity index (χ3v) is 5.32. The Hall–Kier alpha value is -1.85. The van der Waals surface area contributed by atoms with E-state index < -0.39 is 0 Å². The lowest BCUT2D eigenvalue weighted by atomic mass is 10.1. The molecule has 23 heavy (non-hydrogen) atoms. The number of anilines is 1. The predicted octanol–water partition coefficient (Wildman–Crippen LogP) is 3.26. The van der Waals surface area contributed by atoms with Crippen LogP contribution in [0.2, 0.25) is 0 Å². The van der Waals surface area contributed by atoms with Crippen molar-refractivity contribution < 1.29 is 4.79 Å². The molecule has 0 aromatic carbocycles. The second kappa shape index (κ2) is 5.65. The van der Waals surface area contributed by atoms with Gasteiger partial charge in [0.2, 0.25) is 0 Å². The molecule has 0 saturated heterocycles. The molecule has 4 rings (SSSR count). The van der Waals surface area contributed by atoms with Crippen LogP contribution in [0.3, 0.4) is 0 Å².